The van der Waals surface area contributed by atoms with Crippen LogP contribution in [-0.2, 0) is 9.84 Å². The first-order valence-electron chi connectivity index (χ1n) is 8.43. The Hall–Kier alpha value is -2.75. The molecule has 0 amide bonds. The average molecular weight is 412 g/mol. The van der Waals surface area contributed by atoms with Crippen molar-refractivity contribution in [1.29, 1.82) is 0 Å². The quantitative estimate of drug-likeness (QED) is 0.532. The van der Waals surface area contributed by atoms with Gasteiger partial charge in [0.15, 0.2) is 0 Å². The third-order valence-electron chi connectivity index (χ3n) is 4.82. The number of rotatable bonds is 6. The number of nitro benzene ring substituents is 1. The Labute approximate surface area is 160 Å². The highest BCUT2D eigenvalue weighted by atomic mass is 32.2. The average Bonchev–Trinajstić information content (AvgIpc) is 3.17. The molecular formula is C18H18F2N2O5S. The van der Waals surface area contributed by atoms with Crippen molar-refractivity contribution in [1.82, 2.24) is 0 Å². The lowest BCUT2D eigenvalue weighted by Crippen LogP contribution is -2.21. The van der Waals surface area contributed by atoms with Gasteiger partial charge in [-0.1, -0.05) is 12.1 Å². The van der Waals surface area contributed by atoms with E-state index in [1.807, 2.05) is 24.3 Å². The van der Waals surface area contributed by atoms with E-state index in [4.69, 9.17) is 4.74 Å². The molecule has 1 aliphatic heterocycles. The van der Waals surface area contributed by atoms with Crippen molar-refractivity contribution in [2.75, 3.05) is 25.1 Å². The first kappa shape index (κ1) is 20.0. The van der Waals surface area contributed by atoms with E-state index in [0.717, 1.165) is 23.8 Å². The summed E-state index contributed by atoms with van der Waals surface area (Å²) in [5, 5.41) is 11.4. The molecule has 150 valence electrons. The smallest absolute Gasteiger partial charge is 0.341 e. The zero-order valence-electron chi connectivity index (χ0n) is 14.9. The van der Waals surface area contributed by atoms with Gasteiger partial charge in [-0.25, -0.2) is 8.42 Å². The van der Waals surface area contributed by atoms with Crippen LogP contribution >= 0.6 is 0 Å². The number of nitro groups is 1. The maximum Gasteiger partial charge on any atom is 0.341 e. The van der Waals surface area contributed by atoms with Crippen LogP contribution in [0.25, 0.3) is 0 Å². The summed E-state index contributed by atoms with van der Waals surface area (Å²) in [6, 6.07) is 10.5. The van der Waals surface area contributed by atoms with E-state index in [2.05, 4.69) is 0 Å². The number of sulfone groups is 1. The third-order valence-corrected chi connectivity index (χ3v) is 6.20. The number of nitrogens with zero attached hydrogens (tertiary/aromatic N) is 2. The Kier molecular flexibility index (Phi) is 5.50. The summed E-state index contributed by atoms with van der Waals surface area (Å²) in [4.78, 5) is 11.7. The Morgan fingerprint density at radius 2 is 1.89 bits per heavy atom. The number of benzene rings is 2. The topological polar surface area (TPSA) is 89.8 Å². The largest absolute Gasteiger partial charge is 0.497 e. The molecule has 0 radical (unpaired) electrons. The molecule has 0 N–H and O–H groups in total. The highest BCUT2D eigenvalue weighted by molar-refractivity contribution is 7.91. The maximum absolute atomic E-state index is 12.7. The SMILES string of the molecule is COc1ccc(C2CCN(c3ccc(S(=O)(=O)C(F)F)cc3[N+](=O)[O-])C2)cc1. The molecule has 7 nitrogen and oxygen atoms in total. The molecule has 0 aliphatic carbocycles. The van der Waals surface area contributed by atoms with Crippen LogP contribution in [0.15, 0.2) is 47.4 Å². The molecule has 1 saturated heterocycles. The van der Waals surface area contributed by atoms with Gasteiger partial charge in [-0.15, -0.1) is 0 Å². The monoisotopic (exact) mass is 412 g/mol. The van der Waals surface area contributed by atoms with Crippen LogP contribution in [0.3, 0.4) is 0 Å². The minimum Gasteiger partial charge on any atom is -0.497 e. The molecule has 2 aromatic carbocycles. The number of anilines is 1. The normalized spacial score (nSPS) is 17.1. The van der Waals surface area contributed by atoms with E-state index in [0.29, 0.717) is 19.2 Å². The highest BCUT2D eigenvalue weighted by Crippen LogP contribution is 2.37. The second kappa shape index (κ2) is 7.70. The van der Waals surface area contributed by atoms with E-state index in [1.54, 1.807) is 12.0 Å². The molecule has 0 spiro atoms. The van der Waals surface area contributed by atoms with Gasteiger partial charge in [0.25, 0.3) is 5.69 Å². The predicted octanol–water partition coefficient (Wildman–Crippen LogP) is 3.59. The molecule has 10 heteroatoms. The fourth-order valence-electron chi connectivity index (χ4n) is 3.32. The standard InChI is InChI=1S/C18H18F2N2O5S/c1-27-14-4-2-12(3-5-14)13-8-9-21(11-13)16-7-6-15(10-17(16)22(23)24)28(25,26)18(19)20/h2-7,10,13,18H,8-9,11H2,1H3. The molecule has 3 rings (SSSR count). The molecule has 1 unspecified atom stereocenters. The molecule has 2 aromatic rings. The molecule has 0 bridgehead atoms. The summed E-state index contributed by atoms with van der Waals surface area (Å²) >= 11 is 0. The van der Waals surface area contributed by atoms with E-state index in [9.17, 15) is 27.3 Å². The lowest BCUT2D eigenvalue weighted by Gasteiger charge is -2.19. The minimum atomic E-state index is -4.90. The Morgan fingerprint density at radius 1 is 1.21 bits per heavy atom. The van der Waals surface area contributed by atoms with Crippen molar-refractivity contribution < 1.29 is 26.9 Å². The maximum atomic E-state index is 12.7. The van der Waals surface area contributed by atoms with Crippen molar-refractivity contribution in [2.24, 2.45) is 0 Å². The number of ether oxygens (including phenoxy) is 1. The summed E-state index contributed by atoms with van der Waals surface area (Å²) in [7, 11) is -3.33. The fraction of sp³-hybridized carbons (Fsp3) is 0.333. The summed E-state index contributed by atoms with van der Waals surface area (Å²) in [6.45, 7) is 1.02. The zero-order chi connectivity index (χ0) is 20.5. The predicted molar refractivity (Wildman–Crippen MR) is 98.9 cm³/mol. The van der Waals surface area contributed by atoms with Gasteiger partial charge >= 0.3 is 5.76 Å². The van der Waals surface area contributed by atoms with Crippen molar-refractivity contribution >= 4 is 21.2 Å². The van der Waals surface area contributed by atoms with Gasteiger partial charge in [0.05, 0.1) is 16.9 Å². The van der Waals surface area contributed by atoms with Gasteiger partial charge in [-0.2, -0.15) is 8.78 Å². The molecular weight excluding hydrogens is 394 g/mol. The van der Waals surface area contributed by atoms with Gasteiger partial charge < -0.3 is 9.64 Å². The summed E-state index contributed by atoms with van der Waals surface area (Å²) in [5.41, 5.74) is 0.772. The molecule has 1 aliphatic rings. The second-order valence-corrected chi connectivity index (χ2v) is 8.34. The van der Waals surface area contributed by atoms with Crippen LogP contribution in [0, 0.1) is 10.1 Å². The third kappa shape index (κ3) is 3.77. The van der Waals surface area contributed by atoms with Crippen molar-refractivity contribution in [3.05, 3.63) is 58.1 Å². The first-order chi connectivity index (χ1) is 13.2. The van der Waals surface area contributed by atoms with Crippen molar-refractivity contribution in [2.45, 2.75) is 23.0 Å². The van der Waals surface area contributed by atoms with Crippen LogP contribution in [0.1, 0.15) is 17.9 Å². The molecule has 1 heterocycles. The molecule has 28 heavy (non-hydrogen) atoms. The zero-order valence-corrected chi connectivity index (χ0v) is 15.7. The lowest BCUT2D eigenvalue weighted by atomic mass is 9.98. The Balaban J connectivity index is 1.88. The van der Waals surface area contributed by atoms with Crippen LogP contribution in [0.5, 0.6) is 5.75 Å². The number of hydrogen-bond donors (Lipinski definition) is 0. The van der Waals surface area contributed by atoms with Crippen LogP contribution in [0.4, 0.5) is 20.2 Å². The van der Waals surface area contributed by atoms with Gasteiger partial charge in [0, 0.05) is 25.1 Å². The summed E-state index contributed by atoms with van der Waals surface area (Å²) < 4.78 is 53.9. The van der Waals surface area contributed by atoms with Crippen LogP contribution in [0.2, 0.25) is 0 Å². The number of alkyl halides is 2. The van der Waals surface area contributed by atoms with E-state index >= 15 is 0 Å². The molecule has 1 fully saturated rings. The minimum absolute atomic E-state index is 0.134. The lowest BCUT2D eigenvalue weighted by molar-refractivity contribution is -0.384. The van der Waals surface area contributed by atoms with E-state index in [-0.39, 0.29) is 11.6 Å². The number of hydrogen-bond acceptors (Lipinski definition) is 6. The van der Waals surface area contributed by atoms with Gasteiger partial charge in [0.2, 0.25) is 9.84 Å². The molecule has 0 saturated carbocycles. The van der Waals surface area contributed by atoms with Crippen molar-refractivity contribution in [3.63, 3.8) is 0 Å². The first-order valence-corrected chi connectivity index (χ1v) is 9.98. The van der Waals surface area contributed by atoms with Gasteiger partial charge in [-0.3, -0.25) is 10.1 Å². The highest BCUT2D eigenvalue weighted by Gasteiger charge is 2.32. The summed E-state index contributed by atoms with van der Waals surface area (Å²) in [6.07, 6.45) is 0.751. The van der Waals surface area contributed by atoms with Crippen LogP contribution in [-0.4, -0.2) is 39.3 Å². The second-order valence-electron chi connectivity index (χ2n) is 6.42. The van der Waals surface area contributed by atoms with Gasteiger partial charge in [-0.05, 0) is 36.2 Å². The van der Waals surface area contributed by atoms with E-state index < -0.39 is 31.1 Å². The Bertz CT molecular complexity index is 980. The van der Waals surface area contributed by atoms with Crippen molar-refractivity contribution in [3.8, 4) is 5.75 Å². The number of halogens is 2. The van der Waals surface area contributed by atoms with Gasteiger partial charge in [0.1, 0.15) is 11.4 Å². The van der Waals surface area contributed by atoms with E-state index in [1.165, 1.54) is 6.07 Å². The summed E-state index contributed by atoms with van der Waals surface area (Å²) in [5.74, 6) is -2.77. The molecule has 1 atom stereocenters. The van der Waals surface area contributed by atoms with Crippen LogP contribution < -0.4 is 9.64 Å². The molecule has 0 aromatic heterocycles. The number of methoxy groups -OCH3 is 1. The fourth-order valence-corrected chi connectivity index (χ4v) is 4.06. The Morgan fingerprint density at radius 3 is 2.46 bits per heavy atom.